The Bertz CT molecular complexity index is 2120. The average molecular weight is 564 g/mol. The molecule has 0 N–H and O–H groups in total. The van der Waals surface area contributed by atoms with Gasteiger partial charge in [-0.25, -0.2) is 0 Å². The first-order chi connectivity index (χ1) is 21.6. The molecule has 1 nitrogen and oxygen atoms in total. The maximum atomic E-state index is 2.46. The molecule has 8 rings (SSSR count). The summed E-state index contributed by atoms with van der Waals surface area (Å²) in [6.45, 7) is 4.76. The molecule has 0 aliphatic heterocycles. The third kappa shape index (κ3) is 4.24. The summed E-state index contributed by atoms with van der Waals surface area (Å²) >= 11 is 0. The van der Waals surface area contributed by atoms with Gasteiger partial charge in [-0.3, -0.25) is 0 Å². The van der Waals surface area contributed by atoms with E-state index in [2.05, 4.69) is 183 Å². The smallest absolute Gasteiger partial charge is 0.0549 e. The van der Waals surface area contributed by atoms with E-state index in [-0.39, 0.29) is 5.41 Å². The van der Waals surface area contributed by atoms with Crippen LogP contribution in [0.5, 0.6) is 0 Å². The van der Waals surface area contributed by atoms with Crippen LogP contribution in [0.2, 0.25) is 0 Å². The molecule has 0 bridgehead atoms. The Kier molecular flexibility index (Phi) is 6.20. The third-order valence-corrected chi connectivity index (χ3v) is 9.21. The van der Waals surface area contributed by atoms with Crippen molar-refractivity contribution in [3.05, 3.63) is 175 Å². The Balaban J connectivity index is 1.41. The first kappa shape index (κ1) is 26.2. The lowest BCUT2D eigenvalue weighted by atomic mass is 9.80. The fraction of sp³-hybridized carbons (Fsp3) is 0.0698. The van der Waals surface area contributed by atoms with Gasteiger partial charge in [0.1, 0.15) is 0 Å². The van der Waals surface area contributed by atoms with E-state index in [0.717, 1.165) is 11.4 Å². The molecule has 0 saturated carbocycles. The Morgan fingerprint density at radius 3 is 1.80 bits per heavy atom. The number of rotatable bonds is 5. The van der Waals surface area contributed by atoms with Crippen LogP contribution in [0.1, 0.15) is 25.0 Å². The fourth-order valence-electron chi connectivity index (χ4n) is 7.13. The van der Waals surface area contributed by atoms with Gasteiger partial charge in [0, 0.05) is 22.4 Å². The highest BCUT2D eigenvalue weighted by Crippen LogP contribution is 2.56. The van der Waals surface area contributed by atoms with Crippen LogP contribution in [0, 0.1) is 0 Å². The van der Waals surface area contributed by atoms with Crippen LogP contribution in [-0.4, -0.2) is 0 Å². The van der Waals surface area contributed by atoms with Crippen molar-refractivity contribution in [3.8, 4) is 33.4 Å². The Morgan fingerprint density at radius 1 is 0.455 bits per heavy atom. The van der Waals surface area contributed by atoms with Gasteiger partial charge in [0.15, 0.2) is 0 Å². The molecular weight excluding hydrogens is 530 g/mol. The highest BCUT2D eigenvalue weighted by Gasteiger charge is 2.39. The summed E-state index contributed by atoms with van der Waals surface area (Å²) in [6, 6.07) is 59.5. The minimum atomic E-state index is -0.129. The zero-order valence-corrected chi connectivity index (χ0v) is 25.0. The Morgan fingerprint density at radius 2 is 1.05 bits per heavy atom. The summed E-state index contributed by atoms with van der Waals surface area (Å²) < 4.78 is 0. The molecule has 0 atom stereocenters. The lowest BCUT2D eigenvalue weighted by Gasteiger charge is -2.30. The topological polar surface area (TPSA) is 3.24 Å². The average Bonchev–Trinajstić information content (AvgIpc) is 3.33. The van der Waals surface area contributed by atoms with Gasteiger partial charge in [0.25, 0.3) is 0 Å². The second-order valence-corrected chi connectivity index (χ2v) is 12.2. The molecule has 0 aromatic heterocycles. The summed E-state index contributed by atoms with van der Waals surface area (Å²) in [5.74, 6) is 0. The Labute approximate surface area is 259 Å². The standard InChI is InChI=1S/C43H33N/c1-43(2)39-23-12-11-22-38(39)41-40(29-34-18-9-10-21-37(34)42(41)43)44(35-26-24-32(25-27-35)30-14-5-3-6-15-30)36-20-13-19-33(28-36)31-16-7-4-8-17-31/h3-29H,1-2H3. The van der Waals surface area contributed by atoms with E-state index in [0.29, 0.717) is 0 Å². The zero-order chi connectivity index (χ0) is 29.7. The van der Waals surface area contributed by atoms with Gasteiger partial charge in [-0.05, 0) is 80.0 Å². The zero-order valence-electron chi connectivity index (χ0n) is 25.0. The Hall–Kier alpha value is -5.40. The van der Waals surface area contributed by atoms with Gasteiger partial charge in [-0.1, -0.05) is 147 Å². The summed E-state index contributed by atoms with van der Waals surface area (Å²) in [4.78, 5) is 2.46. The van der Waals surface area contributed by atoms with Crippen LogP contribution in [0.3, 0.4) is 0 Å². The van der Waals surface area contributed by atoms with Crippen LogP contribution in [-0.2, 0) is 5.41 Å². The lowest BCUT2D eigenvalue weighted by molar-refractivity contribution is 0.666. The van der Waals surface area contributed by atoms with Crippen molar-refractivity contribution in [2.24, 2.45) is 0 Å². The molecular formula is C43H33N. The van der Waals surface area contributed by atoms with Crippen LogP contribution in [0.4, 0.5) is 17.1 Å². The highest BCUT2D eigenvalue weighted by atomic mass is 15.1. The SMILES string of the molecule is CC1(C)c2ccccc2-c2c(N(c3ccc(-c4ccccc4)cc3)c3cccc(-c4ccccc4)c3)cc3ccccc3c21. The fourth-order valence-corrected chi connectivity index (χ4v) is 7.13. The maximum absolute atomic E-state index is 2.46. The largest absolute Gasteiger partial charge is 0.310 e. The maximum Gasteiger partial charge on any atom is 0.0549 e. The molecule has 1 aliphatic rings. The predicted molar refractivity (Wildman–Crippen MR) is 187 cm³/mol. The summed E-state index contributed by atoms with van der Waals surface area (Å²) in [5.41, 5.74) is 13.6. The lowest BCUT2D eigenvalue weighted by Crippen LogP contribution is -2.17. The monoisotopic (exact) mass is 563 g/mol. The molecule has 1 aliphatic carbocycles. The molecule has 44 heavy (non-hydrogen) atoms. The van der Waals surface area contributed by atoms with Crippen LogP contribution in [0.25, 0.3) is 44.2 Å². The van der Waals surface area contributed by atoms with E-state index in [1.807, 2.05) is 0 Å². The number of hydrogen-bond acceptors (Lipinski definition) is 1. The minimum absolute atomic E-state index is 0.129. The van der Waals surface area contributed by atoms with E-state index < -0.39 is 0 Å². The van der Waals surface area contributed by atoms with E-state index in [1.165, 1.54) is 61.0 Å². The molecule has 0 unspecified atom stereocenters. The summed E-state index contributed by atoms with van der Waals surface area (Å²) in [5, 5.41) is 2.58. The number of fused-ring (bicyclic) bond motifs is 5. The van der Waals surface area contributed by atoms with E-state index in [4.69, 9.17) is 0 Å². The van der Waals surface area contributed by atoms with Gasteiger partial charge in [-0.2, -0.15) is 0 Å². The molecule has 7 aromatic carbocycles. The molecule has 0 saturated heterocycles. The molecule has 0 spiro atoms. The minimum Gasteiger partial charge on any atom is -0.310 e. The number of hydrogen-bond donors (Lipinski definition) is 0. The van der Waals surface area contributed by atoms with Gasteiger partial charge in [0.2, 0.25) is 0 Å². The first-order valence-electron chi connectivity index (χ1n) is 15.4. The summed E-state index contributed by atoms with van der Waals surface area (Å²) in [7, 11) is 0. The number of benzene rings is 7. The second-order valence-electron chi connectivity index (χ2n) is 12.2. The molecule has 7 aromatic rings. The molecule has 0 fully saturated rings. The van der Waals surface area contributed by atoms with Crippen LogP contribution >= 0.6 is 0 Å². The van der Waals surface area contributed by atoms with E-state index in [9.17, 15) is 0 Å². The molecule has 0 heterocycles. The van der Waals surface area contributed by atoms with Crippen molar-refractivity contribution < 1.29 is 0 Å². The molecule has 210 valence electrons. The van der Waals surface area contributed by atoms with E-state index >= 15 is 0 Å². The van der Waals surface area contributed by atoms with Crippen molar-refractivity contribution in [2.75, 3.05) is 4.90 Å². The highest BCUT2D eigenvalue weighted by molar-refractivity contribution is 6.06. The van der Waals surface area contributed by atoms with Gasteiger partial charge < -0.3 is 4.90 Å². The summed E-state index contributed by atoms with van der Waals surface area (Å²) in [6.07, 6.45) is 0. The van der Waals surface area contributed by atoms with Crippen molar-refractivity contribution in [1.29, 1.82) is 0 Å². The van der Waals surface area contributed by atoms with Gasteiger partial charge in [0.05, 0.1) is 5.69 Å². The normalized spacial score (nSPS) is 13.0. The molecule has 1 heteroatoms. The molecule has 0 amide bonds. The van der Waals surface area contributed by atoms with Gasteiger partial charge >= 0.3 is 0 Å². The van der Waals surface area contributed by atoms with Crippen LogP contribution < -0.4 is 4.90 Å². The van der Waals surface area contributed by atoms with Crippen molar-refractivity contribution in [2.45, 2.75) is 19.3 Å². The van der Waals surface area contributed by atoms with Crippen LogP contribution in [0.15, 0.2) is 164 Å². The van der Waals surface area contributed by atoms with E-state index in [1.54, 1.807) is 0 Å². The second kappa shape index (κ2) is 10.4. The van der Waals surface area contributed by atoms with Crippen molar-refractivity contribution in [3.63, 3.8) is 0 Å². The number of anilines is 3. The first-order valence-corrected chi connectivity index (χ1v) is 15.4. The van der Waals surface area contributed by atoms with Crippen molar-refractivity contribution >= 4 is 27.8 Å². The molecule has 0 radical (unpaired) electrons. The quantitative estimate of drug-likeness (QED) is 0.201. The third-order valence-electron chi connectivity index (χ3n) is 9.21. The number of nitrogens with zero attached hydrogens (tertiary/aromatic N) is 1. The van der Waals surface area contributed by atoms with Gasteiger partial charge in [-0.15, -0.1) is 0 Å². The predicted octanol–water partition coefficient (Wildman–Crippen LogP) is 11.9. The van der Waals surface area contributed by atoms with Crippen molar-refractivity contribution in [1.82, 2.24) is 0 Å².